The average molecular weight is 469 g/mol. The van der Waals surface area contributed by atoms with Gasteiger partial charge in [0.05, 0.1) is 11.7 Å². The van der Waals surface area contributed by atoms with E-state index in [1.165, 1.54) is 0 Å². The maximum absolute atomic E-state index is 6.21. The average Bonchev–Trinajstić information content (AvgIpc) is 2.32. The van der Waals surface area contributed by atoms with Crippen molar-refractivity contribution >= 4 is 59.4 Å². The molecule has 0 spiro atoms. The molecule has 0 radical (unpaired) electrons. The topological polar surface area (TPSA) is 38.9 Å². The molecular weight excluding hydrogens is 459 g/mol. The van der Waals surface area contributed by atoms with Crippen molar-refractivity contribution in [3.05, 3.63) is 60.2 Å². The van der Waals surface area contributed by atoms with Crippen LogP contribution in [0.2, 0.25) is 5.02 Å². The number of nitrogens with two attached hydrogens (primary N) is 1. The van der Waals surface area contributed by atoms with E-state index in [1.54, 1.807) is 6.20 Å². The molecule has 1 unspecified atom stereocenters. The predicted molar refractivity (Wildman–Crippen MR) is 89.4 cm³/mol. The minimum atomic E-state index is -0.207. The highest BCUT2D eigenvalue weighted by atomic mass is 79.9. The molecule has 1 aromatic heterocycles. The first-order valence-corrected chi connectivity index (χ1v) is 8.23. The third-order valence-electron chi connectivity index (χ3n) is 2.64. The second-order valence-corrected chi connectivity index (χ2v) is 7.16. The molecule has 2 N–H and O–H groups in total. The van der Waals surface area contributed by atoms with Gasteiger partial charge in [0.1, 0.15) is 0 Å². The van der Waals surface area contributed by atoms with Crippen LogP contribution in [-0.2, 0) is 6.42 Å². The van der Waals surface area contributed by atoms with E-state index in [9.17, 15) is 0 Å². The van der Waals surface area contributed by atoms with Crippen molar-refractivity contribution in [2.75, 3.05) is 0 Å². The van der Waals surface area contributed by atoms with Crippen molar-refractivity contribution in [2.45, 2.75) is 12.5 Å². The van der Waals surface area contributed by atoms with Crippen LogP contribution in [-0.4, -0.2) is 4.98 Å². The van der Waals surface area contributed by atoms with E-state index in [0.29, 0.717) is 11.4 Å². The Hall–Kier alpha value is 0.0600. The van der Waals surface area contributed by atoms with Gasteiger partial charge in [0.15, 0.2) is 0 Å². The molecule has 1 aromatic carbocycles. The number of nitrogens with zero attached hydrogens (tertiary/aromatic N) is 1. The molecule has 0 saturated carbocycles. The molecular formula is C13H10Br3ClN2. The maximum atomic E-state index is 6.21. The number of hydrogen-bond donors (Lipinski definition) is 1. The first-order valence-electron chi connectivity index (χ1n) is 5.48. The predicted octanol–water partition coefficient (Wildman–Crippen LogP) is 5.27. The highest BCUT2D eigenvalue weighted by Gasteiger charge is 2.14. The van der Waals surface area contributed by atoms with Gasteiger partial charge in [-0.2, -0.15) is 0 Å². The summed E-state index contributed by atoms with van der Waals surface area (Å²) >= 11 is 16.4. The number of halogens is 4. The minimum Gasteiger partial charge on any atom is -0.322 e. The van der Waals surface area contributed by atoms with E-state index >= 15 is 0 Å². The lowest BCUT2D eigenvalue weighted by atomic mass is 10.0. The summed E-state index contributed by atoms with van der Waals surface area (Å²) in [5.41, 5.74) is 8.04. The van der Waals surface area contributed by atoms with Crippen LogP contribution in [0, 0.1) is 0 Å². The maximum Gasteiger partial charge on any atom is 0.0716 e. The zero-order chi connectivity index (χ0) is 14.0. The van der Waals surface area contributed by atoms with E-state index in [1.807, 2.05) is 24.3 Å². The zero-order valence-corrected chi connectivity index (χ0v) is 15.2. The van der Waals surface area contributed by atoms with Crippen LogP contribution in [0.25, 0.3) is 0 Å². The number of aromatic nitrogens is 1. The van der Waals surface area contributed by atoms with Gasteiger partial charge in [-0.25, -0.2) is 0 Å². The molecule has 1 atom stereocenters. The molecule has 2 rings (SSSR count). The molecule has 0 amide bonds. The molecule has 6 heteroatoms. The summed E-state index contributed by atoms with van der Waals surface area (Å²) in [6, 6.07) is 7.52. The SMILES string of the molecule is NC(Cc1ccc(Br)cc1Cl)c1ncc(Br)cc1Br. The van der Waals surface area contributed by atoms with E-state index in [-0.39, 0.29) is 6.04 Å². The van der Waals surface area contributed by atoms with Crippen molar-refractivity contribution in [2.24, 2.45) is 5.73 Å². The highest BCUT2D eigenvalue weighted by molar-refractivity contribution is 9.11. The van der Waals surface area contributed by atoms with E-state index in [0.717, 1.165) is 24.7 Å². The Labute approximate surface area is 142 Å². The van der Waals surface area contributed by atoms with Gasteiger partial charge in [0, 0.05) is 24.6 Å². The van der Waals surface area contributed by atoms with Crippen molar-refractivity contribution in [1.29, 1.82) is 0 Å². The lowest BCUT2D eigenvalue weighted by Gasteiger charge is -2.14. The van der Waals surface area contributed by atoms with Gasteiger partial charge >= 0.3 is 0 Å². The molecule has 0 aliphatic carbocycles. The van der Waals surface area contributed by atoms with E-state index < -0.39 is 0 Å². The molecule has 2 nitrogen and oxygen atoms in total. The monoisotopic (exact) mass is 466 g/mol. The van der Waals surface area contributed by atoms with Crippen LogP contribution in [0.1, 0.15) is 17.3 Å². The van der Waals surface area contributed by atoms with Gasteiger partial charge < -0.3 is 5.73 Å². The summed E-state index contributed by atoms with van der Waals surface area (Å²) in [4.78, 5) is 4.35. The van der Waals surface area contributed by atoms with Gasteiger partial charge in [-0.15, -0.1) is 0 Å². The van der Waals surface area contributed by atoms with Crippen LogP contribution in [0.3, 0.4) is 0 Å². The molecule has 19 heavy (non-hydrogen) atoms. The van der Waals surface area contributed by atoms with Crippen LogP contribution in [0.4, 0.5) is 0 Å². The first-order chi connectivity index (χ1) is 8.97. The summed E-state index contributed by atoms with van der Waals surface area (Å²) in [6.45, 7) is 0. The molecule has 0 aliphatic heterocycles. The fourth-order valence-electron chi connectivity index (χ4n) is 1.72. The Kier molecular flexibility index (Phi) is 5.43. The lowest BCUT2D eigenvalue weighted by molar-refractivity contribution is 0.692. The summed E-state index contributed by atoms with van der Waals surface area (Å²) < 4.78 is 2.76. The number of hydrogen-bond acceptors (Lipinski definition) is 2. The largest absolute Gasteiger partial charge is 0.322 e. The Bertz CT molecular complexity index is 604. The quantitative estimate of drug-likeness (QED) is 0.666. The molecule has 0 fully saturated rings. The Morgan fingerprint density at radius 3 is 2.53 bits per heavy atom. The number of benzene rings is 1. The molecule has 0 saturated heterocycles. The normalized spacial score (nSPS) is 12.5. The summed E-state index contributed by atoms with van der Waals surface area (Å²) in [7, 11) is 0. The first kappa shape index (κ1) is 15.4. The van der Waals surface area contributed by atoms with Gasteiger partial charge in [-0.3, -0.25) is 4.98 Å². The van der Waals surface area contributed by atoms with Gasteiger partial charge in [0.25, 0.3) is 0 Å². The Morgan fingerprint density at radius 1 is 1.16 bits per heavy atom. The summed E-state index contributed by atoms with van der Waals surface area (Å²) in [5.74, 6) is 0. The number of rotatable bonds is 3. The second kappa shape index (κ2) is 6.68. The molecule has 1 heterocycles. The number of pyridine rings is 1. The van der Waals surface area contributed by atoms with E-state index in [2.05, 4.69) is 52.8 Å². The Morgan fingerprint density at radius 2 is 1.89 bits per heavy atom. The molecule has 100 valence electrons. The zero-order valence-electron chi connectivity index (χ0n) is 9.71. The Balaban J connectivity index is 2.23. The van der Waals surface area contributed by atoms with Crippen LogP contribution in [0.15, 0.2) is 43.9 Å². The minimum absolute atomic E-state index is 0.207. The molecule has 0 aliphatic rings. The van der Waals surface area contributed by atoms with E-state index in [4.69, 9.17) is 17.3 Å². The van der Waals surface area contributed by atoms with Crippen molar-refractivity contribution in [3.63, 3.8) is 0 Å². The lowest BCUT2D eigenvalue weighted by Crippen LogP contribution is -2.15. The smallest absolute Gasteiger partial charge is 0.0716 e. The third kappa shape index (κ3) is 4.02. The van der Waals surface area contributed by atoms with Gasteiger partial charge in [-0.05, 0) is 62.0 Å². The standard InChI is InChI=1S/C13H10Br3ClN2/c14-8-2-1-7(11(17)5-8)3-12(18)13-10(16)4-9(15)6-19-13/h1-2,4-6,12H,3,18H2. The fourth-order valence-corrected chi connectivity index (χ4v) is 3.75. The summed E-state index contributed by atoms with van der Waals surface area (Å²) in [6.07, 6.45) is 2.38. The third-order valence-corrected chi connectivity index (χ3v) is 4.56. The summed E-state index contributed by atoms with van der Waals surface area (Å²) in [5, 5.41) is 0.707. The van der Waals surface area contributed by atoms with Crippen molar-refractivity contribution < 1.29 is 0 Å². The van der Waals surface area contributed by atoms with Crippen molar-refractivity contribution in [1.82, 2.24) is 4.98 Å². The highest BCUT2D eigenvalue weighted by Crippen LogP contribution is 2.28. The fraction of sp³-hybridized carbons (Fsp3) is 0.154. The van der Waals surface area contributed by atoms with Gasteiger partial charge in [0.2, 0.25) is 0 Å². The molecule has 2 aromatic rings. The molecule has 0 bridgehead atoms. The van der Waals surface area contributed by atoms with Crippen molar-refractivity contribution in [3.8, 4) is 0 Å². The van der Waals surface area contributed by atoms with Crippen LogP contribution < -0.4 is 5.73 Å². The van der Waals surface area contributed by atoms with Crippen LogP contribution >= 0.6 is 59.4 Å². The second-order valence-electron chi connectivity index (χ2n) is 4.07. The van der Waals surface area contributed by atoms with Crippen LogP contribution in [0.5, 0.6) is 0 Å². The van der Waals surface area contributed by atoms with Gasteiger partial charge in [-0.1, -0.05) is 33.6 Å².